The molecule has 1 aromatic rings. The Bertz CT molecular complexity index is 458. The Hall–Kier alpha value is -1.39. The van der Waals surface area contributed by atoms with Gasteiger partial charge in [0.1, 0.15) is 12.4 Å². The van der Waals surface area contributed by atoms with Gasteiger partial charge in [0.25, 0.3) is 0 Å². The van der Waals surface area contributed by atoms with E-state index in [0.29, 0.717) is 18.4 Å². The highest BCUT2D eigenvalue weighted by Crippen LogP contribution is 2.21. The molecule has 0 N–H and O–H groups in total. The van der Waals surface area contributed by atoms with Crippen LogP contribution >= 0.6 is 0 Å². The van der Waals surface area contributed by atoms with Crippen molar-refractivity contribution < 1.29 is 4.79 Å². The van der Waals surface area contributed by atoms with E-state index in [-0.39, 0.29) is 5.91 Å². The molecule has 0 aliphatic carbocycles. The number of amides is 1. The van der Waals surface area contributed by atoms with E-state index in [2.05, 4.69) is 30.9 Å². The molecule has 1 fully saturated rings. The fourth-order valence-corrected chi connectivity index (χ4v) is 3.06. The molecule has 0 saturated carbocycles. The number of piperidine rings is 1. The predicted molar refractivity (Wildman–Crippen MR) is 78.3 cm³/mol. The van der Waals surface area contributed by atoms with Gasteiger partial charge in [-0.3, -0.25) is 4.79 Å². The molecule has 2 heterocycles. The van der Waals surface area contributed by atoms with Gasteiger partial charge >= 0.3 is 0 Å². The van der Waals surface area contributed by atoms with Crippen LogP contribution < -0.4 is 0 Å². The lowest BCUT2D eigenvalue weighted by atomic mass is 9.92. The Labute approximate surface area is 121 Å². The third-order valence-corrected chi connectivity index (χ3v) is 3.93. The molecular formula is C15H26N4O. The van der Waals surface area contributed by atoms with Gasteiger partial charge in [0.15, 0.2) is 5.82 Å². The third-order valence-electron chi connectivity index (χ3n) is 3.93. The minimum Gasteiger partial charge on any atom is -0.341 e. The second kappa shape index (κ2) is 6.37. The fourth-order valence-electron chi connectivity index (χ4n) is 3.06. The molecule has 0 bridgehead atoms. The van der Waals surface area contributed by atoms with Crippen LogP contribution in [0.4, 0.5) is 0 Å². The third kappa shape index (κ3) is 3.38. The Morgan fingerprint density at radius 2 is 1.85 bits per heavy atom. The molecule has 5 nitrogen and oxygen atoms in total. The first-order chi connectivity index (χ1) is 9.53. The van der Waals surface area contributed by atoms with Crippen molar-refractivity contribution in [2.24, 2.45) is 11.8 Å². The topological polar surface area (TPSA) is 51.0 Å². The van der Waals surface area contributed by atoms with Gasteiger partial charge in [0.05, 0.1) is 0 Å². The summed E-state index contributed by atoms with van der Waals surface area (Å²) in [6.45, 7) is 10.6. The lowest BCUT2D eigenvalue weighted by Crippen LogP contribution is -2.44. The van der Waals surface area contributed by atoms with Gasteiger partial charge < -0.3 is 4.90 Å². The number of aromatic nitrogens is 3. The van der Waals surface area contributed by atoms with Crippen LogP contribution in [-0.2, 0) is 24.2 Å². The zero-order chi connectivity index (χ0) is 14.7. The zero-order valence-corrected chi connectivity index (χ0v) is 13.1. The summed E-state index contributed by atoms with van der Waals surface area (Å²) in [6.07, 6.45) is 2.84. The van der Waals surface area contributed by atoms with Crippen molar-refractivity contribution in [2.45, 2.75) is 53.5 Å². The maximum absolute atomic E-state index is 12.5. The average Bonchev–Trinajstić information content (AvgIpc) is 2.79. The van der Waals surface area contributed by atoms with E-state index in [1.165, 1.54) is 6.42 Å². The number of carbonyl (C=O) groups excluding carboxylic acids is 1. The molecule has 1 aromatic heterocycles. The van der Waals surface area contributed by atoms with Gasteiger partial charge in [0.2, 0.25) is 5.91 Å². The van der Waals surface area contributed by atoms with Crippen molar-refractivity contribution in [1.29, 1.82) is 0 Å². The zero-order valence-electron chi connectivity index (χ0n) is 13.1. The van der Waals surface area contributed by atoms with Crippen molar-refractivity contribution in [3.63, 3.8) is 0 Å². The Balaban J connectivity index is 2.05. The van der Waals surface area contributed by atoms with E-state index in [0.717, 1.165) is 37.6 Å². The van der Waals surface area contributed by atoms with Crippen molar-refractivity contribution in [3.05, 3.63) is 11.6 Å². The van der Waals surface area contributed by atoms with Crippen molar-refractivity contribution >= 4 is 5.91 Å². The first-order valence-corrected chi connectivity index (χ1v) is 7.73. The lowest BCUT2D eigenvalue weighted by molar-refractivity contribution is -0.134. The van der Waals surface area contributed by atoms with Crippen LogP contribution in [0.5, 0.6) is 0 Å². The largest absolute Gasteiger partial charge is 0.341 e. The standard InChI is InChI=1S/C15H26N4O/c1-5-13-16-14(6-2)19(17-13)10-15(20)18-8-11(3)7-12(4)9-18/h11-12H,5-10H2,1-4H3/t11-,12-/m1/s1. The highest BCUT2D eigenvalue weighted by atomic mass is 16.2. The Kier molecular flexibility index (Phi) is 4.78. The van der Waals surface area contributed by atoms with Gasteiger partial charge in [-0.15, -0.1) is 0 Å². The summed E-state index contributed by atoms with van der Waals surface area (Å²) >= 11 is 0. The molecule has 1 amide bonds. The van der Waals surface area contributed by atoms with Crippen molar-refractivity contribution in [3.8, 4) is 0 Å². The van der Waals surface area contributed by atoms with Gasteiger partial charge in [-0.25, -0.2) is 9.67 Å². The smallest absolute Gasteiger partial charge is 0.244 e. The molecule has 1 aliphatic rings. The van der Waals surface area contributed by atoms with Gasteiger partial charge in [-0.05, 0) is 18.3 Å². The Morgan fingerprint density at radius 1 is 1.20 bits per heavy atom. The molecule has 1 aliphatic heterocycles. The van der Waals surface area contributed by atoms with Crippen LogP contribution in [-0.4, -0.2) is 38.7 Å². The van der Waals surface area contributed by atoms with Crippen LogP contribution in [0.3, 0.4) is 0 Å². The lowest BCUT2D eigenvalue weighted by Gasteiger charge is -2.35. The monoisotopic (exact) mass is 278 g/mol. The number of rotatable bonds is 4. The molecule has 0 unspecified atom stereocenters. The molecular weight excluding hydrogens is 252 g/mol. The second-order valence-electron chi connectivity index (χ2n) is 6.05. The van der Waals surface area contributed by atoms with Crippen LogP contribution in [0.2, 0.25) is 0 Å². The normalized spacial score (nSPS) is 23.1. The van der Waals surface area contributed by atoms with Gasteiger partial charge in [-0.1, -0.05) is 27.7 Å². The first kappa shape index (κ1) is 15.0. The molecule has 0 aromatic carbocycles. The van der Waals surface area contributed by atoms with E-state index in [1.807, 2.05) is 11.8 Å². The maximum atomic E-state index is 12.5. The minimum absolute atomic E-state index is 0.172. The summed E-state index contributed by atoms with van der Waals surface area (Å²) in [7, 11) is 0. The highest BCUT2D eigenvalue weighted by Gasteiger charge is 2.26. The average molecular weight is 278 g/mol. The minimum atomic E-state index is 0.172. The number of aryl methyl sites for hydroxylation is 2. The van der Waals surface area contributed by atoms with Gasteiger partial charge in [0, 0.05) is 25.9 Å². The molecule has 5 heteroatoms. The van der Waals surface area contributed by atoms with Crippen LogP contribution in [0.15, 0.2) is 0 Å². The number of hydrogen-bond donors (Lipinski definition) is 0. The predicted octanol–water partition coefficient (Wildman–Crippen LogP) is 1.91. The fraction of sp³-hybridized carbons (Fsp3) is 0.800. The van der Waals surface area contributed by atoms with Crippen LogP contribution in [0, 0.1) is 11.8 Å². The highest BCUT2D eigenvalue weighted by molar-refractivity contribution is 5.76. The van der Waals surface area contributed by atoms with Crippen molar-refractivity contribution in [1.82, 2.24) is 19.7 Å². The number of nitrogens with zero attached hydrogens (tertiary/aromatic N) is 4. The van der Waals surface area contributed by atoms with E-state index < -0.39 is 0 Å². The molecule has 0 spiro atoms. The SMILES string of the molecule is CCc1nc(CC)n(CC(=O)N2C[C@H](C)C[C@@H](C)C2)n1. The summed E-state index contributed by atoms with van der Waals surface area (Å²) in [6, 6.07) is 0. The molecule has 1 saturated heterocycles. The number of carbonyl (C=O) groups is 1. The van der Waals surface area contributed by atoms with E-state index in [4.69, 9.17) is 0 Å². The molecule has 2 rings (SSSR count). The van der Waals surface area contributed by atoms with Crippen molar-refractivity contribution in [2.75, 3.05) is 13.1 Å². The molecule has 112 valence electrons. The van der Waals surface area contributed by atoms with Crippen LogP contribution in [0.1, 0.15) is 45.8 Å². The van der Waals surface area contributed by atoms with E-state index in [1.54, 1.807) is 4.68 Å². The first-order valence-electron chi connectivity index (χ1n) is 7.73. The number of hydrogen-bond acceptors (Lipinski definition) is 3. The van der Waals surface area contributed by atoms with E-state index in [9.17, 15) is 4.79 Å². The molecule has 2 atom stereocenters. The maximum Gasteiger partial charge on any atom is 0.244 e. The number of likely N-dealkylation sites (tertiary alicyclic amines) is 1. The molecule has 20 heavy (non-hydrogen) atoms. The Morgan fingerprint density at radius 3 is 2.40 bits per heavy atom. The summed E-state index contributed by atoms with van der Waals surface area (Å²) in [5.74, 6) is 3.10. The second-order valence-corrected chi connectivity index (χ2v) is 6.05. The van der Waals surface area contributed by atoms with Gasteiger partial charge in [-0.2, -0.15) is 5.10 Å². The quantitative estimate of drug-likeness (QED) is 0.845. The summed E-state index contributed by atoms with van der Waals surface area (Å²) in [4.78, 5) is 18.9. The molecule has 0 radical (unpaired) electrons. The summed E-state index contributed by atoms with van der Waals surface area (Å²) in [5, 5.41) is 4.43. The summed E-state index contributed by atoms with van der Waals surface area (Å²) in [5.41, 5.74) is 0. The van der Waals surface area contributed by atoms with Crippen LogP contribution in [0.25, 0.3) is 0 Å². The van der Waals surface area contributed by atoms with E-state index >= 15 is 0 Å². The summed E-state index contributed by atoms with van der Waals surface area (Å²) < 4.78 is 1.78.